The number of likely N-dealkylation sites (N-methyl/N-ethyl adjacent to an activating group) is 1. The molecule has 1 saturated heterocycles. The first kappa shape index (κ1) is 36.9. The van der Waals surface area contributed by atoms with Crippen LogP contribution in [0.1, 0.15) is 127 Å². The Morgan fingerprint density at radius 3 is 2.39 bits per heavy atom. The van der Waals surface area contributed by atoms with Gasteiger partial charge in [-0.1, -0.05) is 76.5 Å². The standard InChI is InChI=1S/C39H55NO9/c1-3-4-5-6-7-8-9-10-11-12-13-14-15-16-17-18-33(44)47-30(26-32(42)43)37(45)48-29-21-22-39(46)31-25-27-19-20-28(41)35-34(27)38(39,36(29)49-35)23-24-40(31)2/h10-11,19-21,30-31,36,41,46H,3-9,12-18,22-26H2,1-2H3,(H,42,43)/b11-10+/t30-,31+,36?,38?,39+/m0/s1. The maximum Gasteiger partial charge on any atom is 0.353 e. The quantitative estimate of drug-likeness (QED) is 0.0779. The molecule has 2 bridgehead atoms. The fourth-order valence-electron chi connectivity index (χ4n) is 8.51. The van der Waals surface area contributed by atoms with Crippen molar-refractivity contribution in [1.29, 1.82) is 0 Å². The minimum atomic E-state index is -1.63. The molecule has 10 nitrogen and oxygen atoms in total. The molecule has 3 N–H and O–H groups in total. The molecular weight excluding hydrogens is 626 g/mol. The molecule has 5 rings (SSSR count). The van der Waals surface area contributed by atoms with Gasteiger partial charge >= 0.3 is 17.9 Å². The number of likely N-dealkylation sites (tertiary alicyclic amines) is 1. The number of aromatic hydroxyl groups is 1. The highest BCUT2D eigenvalue weighted by molar-refractivity contribution is 5.84. The van der Waals surface area contributed by atoms with Crippen molar-refractivity contribution in [3.63, 3.8) is 0 Å². The molecule has 2 aliphatic carbocycles. The number of unbranched alkanes of at least 4 members (excludes halogenated alkanes) is 11. The van der Waals surface area contributed by atoms with Crippen LogP contribution in [0.15, 0.2) is 36.1 Å². The number of hydrogen-bond donors (Lipinski definition) is 3. The van der Waals surface area contributed by atoms with Crippen LogP contribution in [0, 0.1) is 0 Å². The number of phenols is 1. The van der Waals surface area contributed by atoms with Crippen LogP contribution in [0.4, 0.5) is 0 Å². The Bertz CT molecular complexity index is 1400. The summed E-state index contributed by atoms with van der Waals surface area (Å²) in [6.07, 6.45) is 18.9. The number of allylic oxidation sites excluding steroid dienone is 2. The summed E-state index contributed by atoms with van der Waals surface area (Å²) in [6, 6.07) is 3.23. The highest BCUT2D eigenvalue weighted by Gasteiger charge is 2.72. The van der Waals surface area contributed by atoms with Crippen LogP contribution >= 0.6 is 0 Å². The van der Waals surface area contributed by atoms with E-state index < -0.39 is 47.6 Å². The molecule has 270 valence electrons. The number of carbonyl (C=O) groups excluding carboxylic acids is 2. The fraction of sp³-hybridized carbons (Fsp3) is 0.667. The molecule has 0 amide bonds. The van der Waals surface area contributed by atoms with E-state index in [1.165, 1.54) is 38.5 Å². The molecule has 0 saturated carbocycles. The summed E-state index contributed by atoms with van der Waals surface area (Å²) in [5.41, 5.74) is -0.473. The summed E-state index contributed by atoms with van der Waals surface area (Å²) < 4.78 is 17.5. The molecule has 5 atom stereocenters. The van der Waals surface area contributed by atoms with Crippen molar-refractivity contribution in [3.05, 3.63) is 47.2 Å². The van der Waals surface area contributed by atoms with Gasteiger partial charge in [0.1, 0.15) is 5.76 Å². The van der Waals surface area contributed by atoms with Gasteiger partial charge in [-0.2, -0.15) is 0 Å². The number of aliphatic carboxylic acids is 1. The summed E-state index contributed by atoms with van der Waals surface area (Å²) in [6.45, 7) is 2.90. The maximum atomic E-state index is 13.4. The number of aliphatic hydroxyl groups is 1. The van der Waals surface area contributed by atoms with E-state index in [1.807, 2.05) is 13.1 Å². The Morgan fingerprint density at radius 1 is 1.02 bits per heavy atom. The van der Waals surface area contributed by atoms with Gasteiger partial charge in [0.15, 0.2) is 17.6 Å². The van der Waals surface area contributed by atoms with Gasteiger partial charge in [0.2, 0.25) is 6.10 Å². The average Bonchev–Trinajstić information content (AvgIpc) is 3.43. The van der Waals surface area contributed by atoms with Crippen LogP contribution in [0.3, 0.4) is 0 Å². The smallest absolute Gasteiger partial charge is 0.353 e. The number of phenolic OH excluding ortho intramolecular Hbond substituents is 1. The molecule has 1 aromatic rings. The van der Waals surface area contributed by atoms with Gasteiger partial charge in [0.25, 0.3) is 0 Å². The number of carbonyl (C=O) groups is 3. The third-order valence-corrected chi connectivity index (χ3v) is 11.1. The zero-order chi connectivity index (χ0) is 35.0. The number of carboxylic acids is 1. The lowest BCUT2D eigenvalue weighted by molar-refractivity contribution is -0.177. The van der Waals surface area contributed by atoms with Crippen molar-refractivity contribution in [1.82, 2.24) is 4.90 Å². The number of nitrogens with zero attached hydrogens (tertiary/aromatic N) is 1. The maximum absolute atomic E-state index is 13.4. The topological polar surface area (TPSA) is 143 Å². The van der Waals surface area contributed by atoms with Gasteiger partial charge in [-0.3, -0.25) is 9.59 Å². The van der Waals surface area contributed by atoms with Crippen molar-refractivity contribution in [3.8, 4) is 11.5 Å². The highest BCUT2D eigenvalue weighted by Crippen LogP contribution is 2.65. The summed E-state index contributed by atoms with van der Waals surface area (Å²) in [5, 5.41) is 32.5. The second kappa shape index (κ2) is 16.6. The van der Waals surface area contributed by atoms with Crippen LogP contribution in [0.25, 0.3) is 0 Å². The minimum Gasteiger partial charge on any atom is -0.504 e. The van der Waals surface area contributed by atoms with E-state index in [-0.39, 0.29) is 36.1 Å². The molecule has 1 spiro atoms. The first-order valence-corrected chi connectivity index (χ1v) is 18.5. The number of piperidine rings is 1. The Kier molecular flexibility index (Phi) is 12.5. The van der Waals surface area contributed by atoms with Crippen molar-refractivity contribution in [2.24, 2.45) is 0 Å². The predicted molar refractivity (Wildman–Crippen MR) is 184 cm³/mol. The molecule has 10 heteroatoms. The second-order valence-corrected chi connectivity index (χ2v) is 14.4. The molecule has 2 unspecified atom stereocenters. The van der Waals surface area contributed by atoms with E-state index in [2.05, 4.69) is 24.0 Å². The highest BCUT2D eigenvalue weighted by atomic mass is 16.6. The van der Waals surface area contributed by atoms with Crippen molar-refractivity contribution in [2.45, 2.75) is 152 Å². The number of rotatable bonds is 20. The van der Waals surface area contributed by atoms with E-state index in [0.29, 0.717) is 25.8 Å². The minimum absolute atomic E-state index is 0.0544. The Morgan fingerprint density at radius 2 is 1.69 bits per heavy atom. The van der Waals surface area contributed by atoms with Gasteiger partial charge in [0, 0.05) is 24.4 Å². The molecule has 0 radical (unpaired) electrons. The van der Waals surface area contributed by atoms with Crippen LogP contribution in [-0.4, -0.2) is 75.6 Å². The zero-order valence-corrected chi connectivity index (χ0v) is 29.3. The number of carboxylic acid groups (broad SMARTS) is 1. The molecule has 49 heavy (non-hydrogen) atoms. The normalized spacial score (nSPS) is 25.7. The molecule has 2 aliphatic heterocycles. The summed E-state index contributed by atoms with van der Waals surface area (Å²) in [7, 11) is 1.98. The van der Waals surface area contributed by atoms with Crippen LogP contribution in [0.5, 0.6) is 11.5 Å². The van der Waals surface area contributed by atoms with Gasteiger partial charge in [-0.25, -0.2) is 4.79 Å². The van der Waals surface area contributed by atoms with Crippen LogP contribution < -0.4 is 4.74 Å². The van der Waals surface area contributed by atoms with Crippen molar-refractivity contribution in [2.75, 3.05) is 13.6 Å². The summed E-state index contributed by atoms with van der Waals surface area (Å²) in [4.78, 5) is 39.9. The Labute approximate surface area is 290 Å². The number of ether oxygens (including phenoxy) is 3. The lowest BCUT2D eigenvalue weighted by Crippen LogP contribution is -2.74. The summed E-state index contributed by atoms with van der Waals surface area (Å²) in [5.74, 6) is -2.59. The van der Waals surface area contributed by atoms with Gasteiger partial charge in [0.05, 0.1) is 17.4 Å². The van der Waals surface area contributed by atoms with Crippen LogP contribution in [-0.2, 0) is 35.7 Å². The second-order valence-electron chi connectivity index (χ2n) is 14.4. The van der Waals surface area contributed by atoms with E-state index in [9.17, 15) is 29.7 Å². The van der Waals surface area contributed by atoms with Crippen molar-refractivity contribution >= 4 is 17.9 Å². The average molecular weight is 682 g/mol. The first-order chi connectivity index (χ1) is 23.6. The third-order valence-electron chi connectivity index (χ3n) is 11.1. The van der Waals surface area contributed by atoms with Crippen LogP contribution in [0.2, 0.25) is 0 Å². The largest absolute Gasteiger partial charge is 0.504 e. The molecule has 1 aromatic carbocycles. The summed E-state index contributed by atoms with van der Waals surface area (Å²) >= 11 is 0. The monoisotopic (exact) mass is 681 g/mol. The van der Waals surface area contributed by atoms with E-state index in [4.69, 9.17) is 14.2 Å². The van der Waals surface area contributed by atoms with E-state index >= 15 is 0 Å². The number of benzene rings is 1. The molecule has 4 aliphatic rings. The molecule has 0 aromatic heterocycles. The fourth-order valence-corrected chi connectivity index (χ4v) is 8.51. The lowest BCUT2D eigenvalue weighted by atomic mass is 9.50. The molecular formula is C39H55NO9. The SMILES string of the molecule is CCCCCCCC/C=C/CCCCCCCC(=O)O[C@@H](CC(=O)O)C(=O)OC1=CC[C@@]2(O)[C@H]3Cc4ccc(O)c5c4C2(CCN3C)C1O5. The van der Waals surface area contributed by atoms with Gasteiger partial charge in [-0.15, -0.1) is 0 Å². The molecule has 2 heterocycles. The van der Waals surface area contributed by atoms with Crippen molar-refractivity contribution < 1.29 is 43.9 Å². The van der Waals surface area contributed by atoms with E-state index in [0.717, 1.165) is 49.7 Å². The third kappa shape index (κ3) is 7.85. The zero-order valence-electron chi connectivity index (χ0n) is 29.3. The predicted octanol–water partition coefficient (Wildman–Crippen LogP) is 6.64. The van der Waals surface area contributed by atoms with E-state index in [1.54, 1.807) is 12.1 Å². The number of esters is 2. The van der Waals surface area contributed by atoms with Gasteiger partial charge < -0.3 is 34.4 Å². The Balaban J connectivity index is 1.10. The number of hydrogen-bond acceptors (Lipinski definition) is 9. The molecule has 1 fully saturated rings. The lowest BCUT2D eigenvalue weighted by Gasteiger charge is -2.61. The van der Waals surface area contributed by atoms with Gasteiger partial charge in [-0.05, 0) is 76.2 Å². The Hall–Kier alpha value is -3.37. The first-order valence-electron chi connectivity index (χ1n) is 18.5.